The van der Waals surface area contributed by atoms with Crippen LogP contribution in [-0.2, 0) is 4.79 Å². The van der Waals surface area contributed by atoms with Gasteiger partial charge in [-0.05, 0) is 37.0 Å². The van der Waals surface area contributed by atoms with Gasteiger partial charge < -0.3 is 0 Å². The predicted octanol–water partition coefficient (Wildman–Crippen LogP) is 4.32. The van der Waals surface area contributed by atoms with Gasteiger partial charge in [-0.2, -0.15) is 0 Å². The van der Waals surface area contributed by atoms with Crippen molar-refractivity contribution in [3.05, 3.63) is 33.8 Å². The summed E-state index contributed by atoms with van der Waals surface area (Å²) in [6.45, 7) is 1.49. The van der Waals surface area contributed by atoms with Crippen LogP contribution in [0.25, 0.3) is 6.08 Å². The zero-order chi connectivity index (χ0) is 11.4. The molecule has 4 heteroatoms. The van der Waals surface area contributed by atoms with Gasteiger partial charge in [0.15, 0.2) is 5.78 Å². The zero-order valence-corrected chi connectivity index (χ0v) is 10.7. The van der Waals surface area contributed by atoms with Crippen LogP contribution in [0.3, 0.4) is 0 Å². The lowest BCUT2D eigenvalue weighted by atomic mass is 10.2. The van der Waals surface area contributed by atoms with Gasteiger partial charge in [0.05, 0.1) is 10.0 Å². The second-order valence-corrected chi connectivity index (χ2v) is 4.53. The van der Waals surface area contributed by atoms with Gasteiger partial charge in [-0.1, -0.05) is 29.3 Å². The summed E-state index contributed by atoms with van der Waals surface area (Å²) in [5.41, 5.74) is 0.759. The van der Waals surface area contributed by atoms with E-state index in [0.717, 1.165) is 10.5 Å². The first kappa shape index (κ1) is 12.6. The number of thioether (sulfide) groups is 1. The molecule has 0 aliphatic rings. The van der Waals surface area contributed by atoms with E-state index in [1.54, 1.807) is 6.08 Å². The van der Waals surface area contributed by atoms with Crippen molar-refractivity contribution in [2.75, 3.05) is 6.26 Å². The SMILES string of the molecule is CSc1ccc(/C=C/C(C)=O)c(Cl)c1Cl. The summed E-state index contributed by atoms with van der Waals surface area (Å²) >= 11 is 13.6. The molecule has 0 aliphatic carbocycles. The van der Waals surface area contributed by atoms with E-state index in [1.165, 1.54) is 24.8 Å². The molecule has 0 unspecified atom stereocenters. The third-order valence-electron chi connectivity index (χ3n) is 1.79. The molecule has 1 nitrogen and oxygen atoms in total. The summed E-state index contributed by atoms with van der Waals surface area (Å²) in [5.74, 6) is -0.0175. The summed E-state index contributed by atoms with van der Waals surface area (Å²) in [6, 6.07) is 3.73. The average molecular weight is 261 g/mol. The molecule has 0 N–H and O–H groups in total. The Balaban J connectivity index is 3.12. The van der Waals surface area contributed by atoms with E-state index in [9.17, 15) is 4.79 Å². The first-order valence-corrected chi connectivity index (χ1v) is 6.25. The van der Waals surface area contributed by atoms with Crippen LogP contribution in [0, 0.1) is 0 Å². The molecule has 0 aliphatic heterocycles. The van der Waals surface area contributed by atoms with Crippen molar-refractivity contribution < 1.29 is 4.79 Å². The lowest BCUT2D eigenvalue weighted by Gasteiger charge is -2.05. The lowest BCUT2D eigenvalue weighted by molar-refractivity contribution is -0.112. The minimum Gasteiger partial charge on any atom is -0.295 e. The first-order chi connectivity index (χ1) is 7.06. The van der Waals surface area contributed by atoms with E-state index in [1.807, 2.05) is 18.4 Å². The predicted molar refractivity (Wildman–Crippen MR) is 68.0 cm³/mol. The highest BCUT2D eigenvalue weighted by atomic mass is 35.5. The van der Waals surface area contributed by atoms with Crippen LogP contribution in [0.4, 0.5) is 0 Å². The Labute approximate surface area is 103 Å². The third-order valence-corrected chi connectivity index (χ3v) is 3.58. The van der Waals surface area contributed by atoms with Crippen LogP contribution in [0.5, 0.6) is 0 Å². The molecule has 0 atom stereocenters. The highest BCUT2D eigenvalue weighted by molar-refractivity contribution is 7.98. The normalized spacial score (nSPS) is 10.9. The summed E-state index contributed by atoms with van der Waals surface area (Å²) in [4.78, 5) is 11.7. The highest BCUT2D eigenvalue weighted by Gasteiger charge is 2.07. The summed E-state index contributed by atoms with van der Waals surface area (Å²) in [6.07, 6.45) is 5.07. The van der Waals surface area contributed by atoms with Gasteiger partial charge in [0, 0.05) is 4.90 Å². The number of halogens is 2. The van der Waals surface area contributed by atoms with Gasteiger partial charge in [-0.25, -0.2) is 0 Å². The Kier molecular flexibility index (Phi) is 4.71. The number of benzene rings is 1. The molecule has 0 radical (unpaired) electrons. The Hall–Kier alpha value is -0.440. The van der Waals surface area contributed by atoms with Crippen LogP contribution in [-0.4, -0.2) is 12.0 Å². The van der Waals surface area contributed by atoms with Crippen molar-refractivity contribution in [3.8, 4) is 0 Å². The molecular weight excluding hydrogens is 251 g/mol. The molecule has 0 bridgehead atoms. The van der Waals surface area contributed by atoms with E-state index in [-0.39, 0.29) is 5.78 Å². The number of carbonyl (C=O) groups excluding carboxylic acids is 1. The molecule has 0 spiro atoms. The number of carbonyl (C=O) groups is 1. The molecule has 80 valence electrons. The minimum absolute atomic E-state index is 0.0175. The van der Waals surface area contributed by atoms with Gasteiger partial charge >= 0.3 is 0 Å². The Morgan fingerprint density at radius 3 is 2.53 bits per heavy atom. The molecule has 0 saturated carbocycles. The van der Waals surface area contributed by atoms with Crippen molar-refractivity contribution in [2.24, 2.45) is 0 Å². The number of hydrogen-bond donors (Lipinski definition) is 0. The zero-order valence-electron chi connectivity index (χ0n) is 8.38. The van der Waals surface area contributed by atoms with Crippen LogP contribution in [0.1, 0.15) is 12.5 Å². The Bertz CT molecular complexity index is 413. The molecule has 15 heavy (non-hydrogen) atoms. The topological polar surface area (TPSA) is 17.1 Å². The minimum atomic E-state index is -0.0175. The summed E-state index contributed by atoms with van der Waals surface area (Å²) in [5, 5.41) is 1.02. The Morgan fingerprint density at radius 2 is 2.00 bits per heavy atom. The van der Waals surface area contributed by atoms with Crippen LogP contribution in [0.2, 0.25) is 10.0 Å². The van der Waals surface area contributed by atoms with Crippen molar-refractivity contribution in [3.63, 3.8) is 0 Å². The third kappa shape index (κ3) is 3.26. The summed E-state index contributed by atoms with van der Waals surface area (Å²) in [7, 11) is 0. The van der Waals surface area contributed by atoms with Crippen LogP contribution < -0.4 is 0 Å². The van der Waals surface area contributed by atoms with Crippen molar-refractivity contribution in [1.29, 1.82) is 0 Å². The maximum Gasteiger partial charge on any atom is 0.152 e. The van der Waals surface area contributed by atoms with Gasteiger partial charge in [-0.15, -0.1) is 11.8 Å². The number of allylic oxidation sites excluding steroid dienone is 1. The number of rotatable bonds is 3. The second kappa shape index (κ2) is 5.59. The molecule has 0 heterocycles. The van der Waals surface area contributed by atoms with Gasteiger partial charge in [-0.3, -0.25) is 4.79 Å². The van der Waals surface area contributed by atoms with Crippen molar-refractivity contribution >= 4 is 46.8 Å². The maximum atomic E-state index is 10.8. The standard InChI is InChI=1S/C11H10Cl2OS/c1-7(14)3-4-8-5-6-9(15-2)11(13)10(8)12/h3-6H,1-2H3/b4-3+. The van der Waals surface area contributed by atoms with Gasteiger partial charge in [0.2, 0.25) is 0 Å². The quantitative estimate of drug-likeness (QED) is 0.595. The lowest BCUT2D eigenvalue weighted by Crippen LogP contribution is -1.83. The molecule has 0 amide bonds. The largest absolute Gasteiger partial charge is 0.295 e. The average Bonchev–Trinajstić information content (AvgIpc) is 2.20. The van der Waals surface area contributed by atoms with Gasteiger partial charge in [0.25, 0.3) is 0 Å². The smallest absolute Gasteiger partial charge is 0.152 e. The fourth-order valence-electron chi connectivity index (χ4n) is 1.04. The van der Waals surface area contributed by atoms with Gasteiger partial charge in [0.1, 0.15) is 0 Å². The second-order valence-electron chi connectivity index (χ2n) is 2.93. The molecule has 1 rings (SSSR count). The van der Waals surface area contributed by atoms with Crippen molar-refractivity contribution in [2.45, 2.75) is 11.8 Å². The molecule has 0 saturated heterocycles. The molecule has 1 aromatic rings. The molecule has 0 fully saturated rings. The molecule has 1 aromatic carbocycles. The van der Waals surface area contributed by atoms with E-state index in [2.05, 4.69) is 0 Å². The first-order valence-electron chi connectivity index (χ1n) is 4.27. The van der Waals surface area contributed by atoms with E-state index in [0.29, 0.717) is 10.0 Å². The number of hydrogen-bond acceptors (Lipinski definition) is 2. The van der Waals surface area contributed by atoms with E-state index in [4.69, 9.17) is 23.2 Å². The van der Waals surface area contributed by atoms with Crippen LogP contribution >= 0.6 is 35.0 Å². The monoisotopic (exact) mass is 260 g/mol. The fourth-order valence-corrected chi connectivity index (χ4v) is 2.21. The van der Waals surface area contributed by atoms with Crippen LogP contribution in [0.15, 0.2) is 23.1 Å². The molecular formula is C11H10Cl2OS. The van der Waals surface area contributed by atoms with Crippen molar-refractivity contribution in [1.82, 2.24) is 0 Å². The van der Waals surface area contributed by atoms with E-state index >= 15 is 0 Å². The molecule has 0 aromatic heterocycles. The maximum absolute atomic E-state index is 10.8. The Morgan fingerprint density at radius 1 is 1.33 bits per heavy atom. The number of ketones is 1. The fraction of sp³-hybridized carbons (Fsp3) is 0.182. The van der Waals surface area contributed by atoms with E-state index < -0.39 is 0 Å². The highest BCUT2D eigenvalue weighted by Crippen LogP contribution is 2.34. The summed E-state index contributed by atoms with van der Waals surface area (Å²) < 4.78 is 0.